The van der Waals surface area contributed by atoms with E-state index in [0.717, 1.165) is 11.1 Å². The third-order valence-corrected chi connectivity index (χ3v) is 4.07. The second-order valence-electron chi connectivity index (χ2n) is 8.36. The van der Waals surface area contributed by atoms with Gasteiger partial charge in [-0.15, -0.1) is 0 Å². The fourth-order valence-electron chi connectivity index (χ4n) is 2.60. The molecule has 0 unspecified atom stereocenters. The molecule has 0 aliphatic heterocycles. The van der Waals surface area contributed by atoms with Gasteiger partial charge in [0, 0.05) is 40.3 Å². The summed E-state index contributed by atoms with van der Waals surface area (Å²) < 4.78 is 42.4. The van der Waals surface area contributed by atoms with E-state index in [0.29, 0.717) is 25.6 Å². The molecule has 0 aliphatic rings. The molecule has 2 N–H and O–H groups in total. The highest BCUT2D eigenvalue weighted by Crippen LogP contribution is 2.15. The minimum Gasteiger partial charge on any atom is -0.444 e. The standard InChI is InChI=1S/C21H34F3N5O2/c1-20(2,3)31-19(30)29(6)14-17-9-7-16(8-10-17)13-27-18(25-4)26-11-12-28(5)15-21(22,23)24/h7-10H,11-15H2,1-6H3,(H2,25,26,27). The number of likely N-dealkylation sites (N-methyl/N-ethyl adjacent to an activating group) is 1. The summed E-state index contributed by atoms with van der Waals surface area (Å²) in [5.41, 5.74) is 1.43. The number of halogens is 3. The van der Waals surface area contributed by atoms with Crippen molar-refractivity contribution in [1.82, 2.24) is 20.4 Å². The zero-order valence-corrected chi connectivity index (χ0v) is 19.1. The summed E-state index contributed by atoms with van der Waals surface area (Å²) in [5, 5.41) is 6.12. The second kappa shape index (κ2) is 11.8. The Balaban J connectivity index is 2.44. The molecule has 0 saturated carbocycles. The van der Waals surface area contributed by atoms with Gasteiger partial charge in [-0.25, -0.2) is 4.79 Å². The van der Waals surface area contributed by atoms with Crippen molar-refractivity contribution in [2.24, 2.45) is 4.99 Å². The Kier molecular flexibility index (Phi) is 10.1. The highest BCUT2D eigenvalue weighted by atomic mass is 19.4. The van der Waals surface area contributed by atoms with Crippen molar-refractivity contribution in [3.05, 3.63) is 35.4 Å². The average molecular weight is 446 g/mol. The van der Waals surface area contributed by atoms with Crippen LogP contribution in [-0.2, 0) is 17.8 Å². The predicted molar refractivity (Wildman–Crippen MR) is 116 cm³/mol. The Morgan fingerprint density at radius 3 is 2.16 bits per heavy atom. The first kappa shape index (κ1) is 26.5. The molecule has 0 fully saturated rings. The summed E-state index contributed by atoms with van der Waals surface area (Å²) in [5.74, 6) is 0.508. The molecule has 1 amide bonds. The monoisotopic (exact) mass is 445 g/mol. The first-order valence-corrected chi connectivity index (χ1v) is 10.0. The number of rotatable bonds is 8. The van der Waals surface area contributed by atoms with Crippen molar-refractivity contribution >= 4 is 12.1 Å². The molecule has 10 heteroatoms. The fraction of sp³-hybridized carbons (Fsp3) is 0.619. The molecule has 7 nitrogen and oxygen atoms in total. The molecule has 0 bridgehead atoms. The number of nitrogens with one attached hydrogen (secondary N) is 2. The van der Waals surface area contributed by atoms with Gasteiger partial charge in [-0.2, -0.15) is 13.2 Å². The summed E-state index contributed by atoms with van der Waals surface area (Å²) in [6, 6.07) is 7.74. The maximum absolute atomic E-state index is 12.3. The minimum absolute atomic E-state index is 0.236. The van der Waals surface area contributed by atoms with Gasteiger partial charge in [0.2, 0.25) is 0 Å². The lowest BCUT2D eigenvalue weighted by atomic mass is 10.1. The van der Waals surface area contributed by atoms with Crippen LogP contribution in [0.5, 0.6) is 0 Å². The molecule has 0 aliphatic carbocycles. The largest absolute Gasteiger partial charge is 0.444 e. The summed E-state index contributed by atoms with van der Waals surface area (Å²) in [7, 11) is 4.71. The number of aliphatic imine (C=N–C) groups is 1. The number of hydrogen-bond acceptors (Lipinski definition) is 4. The van der Waals surface area contributed by atoms with Crippen molar-refractivity contribution < 1.29 is 22.7 Å². The number of carbonyl (C=O) groups excluding carboxylic acids is 1. The maximum atomic E-state index is 12.3. The minimum atomic E-state index is -4.21. The van der Waals surface area contributed by atoms with Crippen LogP contribution in [-0.4, -0.2) is 74.4 Å². The Hall–Kier alpha value is -2.49. The van der Waals surface area contributed by atoms with Gasteiger partial charge in [-0.05, 0) is 38.9 Å². The summed E-state index contributed by atoms with van der Waals surface area (Å²) in [6.07, 6.45) is -4.59. The smallest absolute Gasteiger partial charge is 0.410 e. The van der Waals surface area contributed by atoms with E-state index in [-0.39, 0.29) is 12.6 Å². The molecule has 1 rings (SSSR count). The van der Waals surface area contributed by atoms with Crippen LogP contribution < -0.4 is 10.6 Å². The van der Waals surface area contributed by atoms with Crippen LogP contribution in [0, 0.1) is 0 Å². The number of hydrogen-bond donors (Lipinski definition) is 2. The molecule has 31 heavy (non-hydrogen) atoms. The van der Waals surface area contributed by atoms with Crippen molar-refractivity contribution in [1.29, 1.82) is 0 Å². The molecular weight excluding hydrogens is 411 g/mol. The molecule has 0 radical (unpaired) electrons. The van der Waals surface area contributed by atoms with Crippen molar-refractivity contribution in [3.63, 3.8) is 0 Å². The summed E-state index contributed by atoms with van der Waals surface area (Å²) >= 11 is 0. The van der Waals surface area contributed by atoms with Crippen molar-refractivity contribution in [2.75, 3.05) is 40.8 Å². The van der Waals surface area contributed by atoms with Gasteiger partial charge in [-0.1, -0.05) is 24.3 Å². The lowest BCUT2D eigenvalue weighted by molar-refractivity contribution is -0.142. The third-order valence-electron chi connectivity index (χ3n) is 4.07. The number of nitrogens with zero attached hydrogens (tertiary/aromatic N) is 3. The van der Waals surface area contributed by atoms with Crippen molar-refractivity contribution in [2.45, 2.75) is 45.6 Å². The van der Waals surface area contributed by atoms with E-state index < -0.39 is 18.3 Å². The summed E-state index contributed by atoms with van der Waals surface area (Å²) in [6.45, 7) is 6.02. The normalized spacial score (nSPS) is 12.6. The van der Waals surface area contributed by atoms with Crippen LogP contribution in [0.2, 0.25) is 0 Å². The molecule has 0 aromatic heterocycles. The van der Waals surface area contributed by atoms with Crippen LogP contribution in [0.1, 0.15) is 31.9 Å². The quantitative estimate of drug-likeness (QED) is 0.475. The van der Waals surface area contributed by atoms with E-state index >= 15 is 0 Å². The van der Waals surface area contributed by atoms with E-state index in [4.69, 9.17) is 4.74 Å². The molecule has 0 atom stereocenters. The van der Waals surface area contributed by atoms with Gasteiger partial charge >= 0.3 is 12.3 Å². The maximum Gasteiger partial charge on any atom is 0.410 e. The van der Waals surface area contributed by atoms with Crippen LogP contribution >= 0.6 is 0 Å². The van der Waals surface area contributed by atoms with Crippen LogP contribution in [0.25, 0.3) is 0 Å². The molecule has 0 heterocycles. The highest BCUT2D eigenvalue weighted by molar-refractivity contribution is 5.79. The molecule has 1 aromatic rings. The number of amides is 1. The predicted octanol–water partition coefficient (Wildman–Crippen LogP) is 3.21. The molecular formula is C21H34F3N5O2. The zero-order chi connectivity index (χ0) is 23.7. The Morgan fingerprint density at radius 1 is 1.06 bits per heavy atom. The topological polar surface area (TPSA) is 69.2 Å². The van der Waals surface area contributed by atoms with Gasteiger partial charge in [-0.3, -0.25) is 9.89 Å². The Morgan fingerprint density at radius 2 is 1.65 bits per heavy atom. The Bertz CT molecular complexity index is 715. The number of ether oxygens (including phenoxy) is 1. The van der Waals surface area contributed by atoms with Crippen LogP contribution in [0.4, 0.5) is 18.0 Å². The Labute approximate surface area is 182 Å². The SMILES string of the molecule is CN=C(NCCN(C)CC(F)(F)F)NCc1ccc(CN(C)C(=O)OC(C)(C)C)cc1. The first-order chi connectivity index (χ1) is 14.3. The summed E-state index contributed by atoms with van der Waals surface area (Å²) in [4.78, 5) is 18.8. The highest BCUT2D eigenvalue weighted by Gasteiger charge is 2.28. The molecule has 1 aromatic carbocycles. The number of benzene rings is 1. The molecule has 176 valence electrons. The number of alkyl halides is 3. The third kappa shape index (κ3) is 12.1. The van der Waals surface area contributed by atoms with Gasteiger partial charge in [0.05, 0.1) is 6.54 Å². The van der Waals surface area contributed by atoms with Crippen LogP contribution in [0.15, 0.2) is 29.3 Å². The molecule has 0 saturated heterocycles. The van der Waals surface area contributed by atoms with E-state index in [1.807, 2.05) is 45.0 Å². The van der Waals surface area contributed by atoms with Gasteiger partial charge in [0.25, 0.3) is 0 Å². The molecule has 0 spiro atoms. The van der Waals surface area contributed by atoms with E-state index in [9.17, 15) is 18.0 Å². The lowest BCUT2D eigenvalue weighted by Crippen LogP contribution is -2.42. The number of guanidine groups is 1. The second-order valence-corrected chi connectivity index (χ2v) is 8.36. The number of carbonyl (C=O) groups is 1. The first-order valence-electron chi connectivity index (χ1n) is 10.0. The average Bonchev–Trinajstić information content (AvgIpc) is 2.62. The lowest BCUT2D eigenvalue weighted by Gasteiger charge is -2.24. The van der Waals surface area contributed by atoms with Crippen LogP contribution in [0.3, 0.4) is 0 Å². The fourth-order valence-corrected chi connectivity index (χ4v) is 2.60. The van der Waals surface area contributed by atoms with Gasteiger partial charge in [0.15, 0.2) is 5.96 Å². The van der Waals surface area contributed by atoms with E-state index in [1.165, 1.54) is 16.8 Å². The van der Waals surface area contributed by atoms with E-state index in [2.05, 4.69) is 15.6 Å². The zero-order valence-electron chi connectivity index (χ0n) is 19.1. The van der Waals surface area contributed by atoms with Gasteiger partial charge < -0.3 is 20.3 Å². The van der Waals surface area contributed by atoms with E-state index in [1.54, 1.807) is 14.1 Å². The van der Waals surface area contributed by atoms with Crippen molar-refractivity contribution in [3.8, 4) is 0 Å². The van der Waals surface area contributed by atoms with Gasteiger partial charge in [0.1, 0.15) is 5.60 Å².